The van der Waals surface area contributed by atoms with Crippen LogP contribution >= 0.6 is 0 Å². The minimum atomic E-state index is -2.82. The third-order valence-electron chi connectivity index (χ3n) is 11.7. The number of aromatic nitrogens is 3. The SMILES string of the molecule is CC(C)N(C(=O)c1cc(F)ccc1Oc1cncnc1N1CC2(CC(Oc3ccnc4c3CN(C[C@@H]3CN(C(=O)OC(C)(C)C)CCO3)CC4)C2)C1)C1CC(F)(F)C1. The zero-order valence-corrected chi connectivity index (χ0v) is 33.8. The van der Waals surface area contributed by atoms with Crippen molar-refractivity contribution in [2.75, 3.05) is 50.8 Å². The molecule has 2 aromatic heterocycles. The van der Waals surface area contributed by atoms with Crippen molar-refractivity contribution in [3.8, 4) is 17.2 Å². The van der Waals surface area contributed by atoms with Gasteiger partial charge < -0.3 is 33.6 Å². The van der Waals surface area contributed by atoms with E-state index in [9.17, 15) is 22.8 Å². The lowest BCUT2D eigenvalue weighted by Crippen LogP contribution is -2.65. The van der Waals surface area contributed by atoms with Gasteiger partial charge in [0.25, 0.3) is 11.8 Å². The molecular weight excluding hydrogens is 755 g/mol. The number of alkyl halides is 2. The topological polar surface area (TPSA) is 123 Å². The number of rotatable bonds is 10. The van der Waals surface area contributed by atoms with Crippen molar-refractivity contribution in [1.29, 1.82) is 0 Å². The molecule has 3 aromatic rings. The number of carbonyl (C=O) groups is 2. The van der Waals surface area contributed by atoms with E-state index in [0.717, 1.165) is 62.0 Å². The highest BCUT2D eigenvalue weighted by Crippen LogP contribution is 2.52. The monoisotopic (exact) mass is 807 g/mol. The Morgan fingerprint density at radius 1 is 1.03 bits per heavy atom. The standard InChI is InChI=1S/C42H52F3N7O6/c1-26(2)52(28-15-42(44,45)16-28)38(53)31-14-27(43)6-7-34(31)57-36-19-46-25-48-37(36)51-23-41(24-51)17-29(18-41)56-35-8-10-47-33-9-11-49(22-32(33)35)20-30-21-50(12-13-55-30)39(54)58-40(3,4)5/h6-8,10,14,19,25-26,28-30H,9,11-13,15-18,20-24H2,1-5H3/t30-/m1/s1. The van der Waals surface area contributed by atoms with E-state index >= 15 is 0 Å². The van der Waals surface area contributed by atoms with Gasteiger partial charge in [-0.25, -0.2) is 27.9 Å². The molecule has 2 aliphatic carbocycles. The summed E-state index contributed by atoms with van der Waals surface area (Å²) in [7, 11) is 0. The predicted octanol–water partition coefficient (Wildman–Crippen LogP) is 6.49. The van der Waals surface area contributed by atoms with E-state index in [4.69, 9.17) is 18.9 Å². The van der Waals surface area contributed by atoms with Crippen molar-refractivity contribution in [3.63, 3.8) is 0 Å². The van der Waals surface area contributed by atoms with Gasteiger partial charge in [-0.05, 0) is 71.7 Å². The van der Waals surface area contributed by atoms with Gasteiger partial charge in [-0.15, -0.1) is 0 Å². The summed E-state index contributed by atoms with van der Waals surface area (Å²) in [6.45, 7) is 14.2. The summed E-state index contributed by atoms with van der Waals surface area (Å²) in [5.41, 5.74) is 1.57. The molecule has 2 saturated carbocycles. The van der Waals surface area contributed by atoms with Gasteiger partial charge in [0, 0.05) is 93.5 Å². The molecule has 5 aliphatic rings. The number of amides is 2. The Balaban J connectivity index is 0.872. The molecular formula is C42H52F3N7O6. The fourth-order valence-corrected chi connectivity index (χ4v) is 8.97. The second-order valence-electron chi connectivity index (χ2n) is 17.8. The van der Waals surface area contributed by atoms with Gasteiger partial charge in [0.2, 0.25) is 0 Å². The first-order valence-electron chi connectivity index (χ1n) is 20.2. The molecule has 1 aromatic carbocycles. The second-order valence-corrected chi connectivity index (χ2v) is 17.8. The van der Waals surface area contributed by atoms with Gasteiger partial charge >= 0.3 is 6.09 Å². The number of halogens is 3. The summed E-state index contributed by atoms with van der Waals surface area (Å²) in [6.07, 6.45) is 6.03. The van der Waals surface area contributed by atoms with E-state index in [1.54, 1.807) is 18.7 Å². The van der Waals surface area contributed by atoms with Crippen LogP contribution in [0.2, 0.25) is 0 Å². The maximum Gasteiger partial charge on any atom is 0.410 e. The van der Waals surface area contributed by atoms with Crippen LogP contribution in [0.1, 0.15) is 81.9 Å². The lowest BCUT2D eigenvalue weighted by atomic mass is 9.61. The van der Waals surface area contributed by atoms with Crippen molar-refractivity contribution < 1.29 is 41.7 Å². The average molecular weight is 808 g/mol. The molecule has 0 bridgehead atoms. The Hall–Kier alpha value is -4.70. The number of nitrogens with zero attached hydrogens (tertiary/aromatic N) is 7. The van der Waals surface area contributed by atoms with E-state index in [1.807, 2.05) is 33.0 Å². The molecule has 13 nitrogen and oxygen atoms in total. The van der Waals surface area contributed by atoms with Crippen LogP contribution in [-0.2, 0) is 22.4 Å². The van der Waals surface area contributed by atoms with Crippen molar-refractivity contribution >= 4 is 17.8 Å². The summed E-state index contributed by atoms with van der Waals surface area (Å²) in [5.74, 6) is -2.23. The Morgan fingerprint density at radius 2 is 1.81 bits per heavy atom. The molecule has 58 heavy (non-hydrogen) atoms. The minimum absolute atomic E-state index is 0.0431. The van der Waals surface area contributed by atoms with Gasteiger partial charge in [-0.3, -0.25) is 14.7 Å². The molecule has 0 N–H and O–H groups in total. The Morgan fingerprint density at radius 3 is 2.53 bits per heavy atom. The number of hydrogen-bond donors (Lipinski definition) is 0. The molecule has 3 aliphatic heterocycles. The van der Waals surface area contributed by atoms with Crippen molar-refractivity contribution in [2.24, 2.45) is 5.41 Å². The number of morpholine rings is 1. The van der Waals surface area contributed by atoms with E-state index in [0.29, 0.717) is 44.4 Å². The van der Waals surface area contributed by atoms with Crippen LogP contribution in [-0.4, -0.2) is 123 Å². The number of carbonyl (C=O) groups excluding carboxylic acids is 2. The first-order valence-corrected chi connectivity index (χ1v) is 20.2. The summed E-state index contributed by atoms with van der Waals surface area (Å²) >= 11 is 0. The summed E-state index contributed by atoms with van der Waals surface area (Å²) in [4.78, 5) is 47.4. The smallest absolute Gasteiger partial charge is 0.410 e. The number of anilines is 1. The number of pyridine rings is 1. The van der Waals surface area contributed by atoms with Gasteiger partial charge in [0.15, 0.2) is 11.6 Å². The molecule has 2 amide bonds. The fourth-order valence-electron chi connectivity index (χ4n) is 8.97. The van der Waals surface area contributed by atoms with Crippen LogP contribution in [0.25, 0.3) is 0 Å². The normalized spacial score (nSPS) is 21.8. The van der Waals surface area contributed by atoms with E-state index in [2.05, 4.69) is 24.8 Å². The van der Waals surface area contributed by atoms with Crippen LogP contribution in [0.3, 0.4) is 0 Å². The van der Waals surface area contributed by atoms with E-state index < -0.39 is 42.1 Å². The van der Waals surface area contributed by atoms with E-state index in [-0.39, 0.29) is 41.1 Å². The van der Waals surface area contributed by atoms with Gasteiger partial charge in [0.1, 0.15) is 35.3 Å². The molecule has 4 fully saturated rings. The number of fused-ring (bicyclic) bond motifs is 1. The van der Waals surface area contributed by atoms with Crippen LogP contribution < -0.4 is 14.4 Å². The molecule has 16 heteroatoms. The Bertz CT molecular complexity index is 2010. The molecule has 0 unspecified atom stereocenters. The highest BCUT2D eigenvalue weighted by Gasteiger charge is 2.55. The lowest BCUT2D eigenvalue weighted by Gasteiger charge is -2.59. The summed E-state index contributed by atoms with van der Waals surface area (Å²) < 4.78 is 66.7. The van der Waals surface area contributed by atoms with Gasteiger partial charge in [-0.1, -0.05) is 0 Å². The average Bonchev–Trinajstić information content (AvgIpc) is 3.12. The Labute approximate surface area is 336 Å². The Kier molecular flexibility index (Phi) is 10.7. The van der Waals surface area contributed by atoms with Crippen LogP contribution in [0.5, 0.6) is 17.2 Å². The number of benzene rings is 1. The van der Waals surface area contributed by atoms with Crippen molar-refractivity contribution in [1.82, 2.24) is 29.7 Å². The van der Waals surface area contributed by atoms with Crippen molar-refractivity contribution in [3.05, 3.63) is 65.6 Å². The zero-order valence-electron chi connectivity index (χ0n) is 33.8. The first kappa shape index (κ1) is 40.1. The molecule has 8 rings (SSSR count). The fraction of sp³-hybridized carbons (Fsp3) is 0.595. The van der Waals surface area contributed by atoms with Crippen LogP contribution in [0, 0.1) is 11.2 Å². The highest BCUT2D eigenvalue weighted by atomic mass is 19.3. The maximum atomic E-state index is 14.5. The second kappa shape index (κ2) is 15.5. The molecule has 1 atom stereocenters. The predicted molar refractivity (Wildman–Crippen MR) is 207 cm³/mol. The number of ether oxygens (including phenoxy) is 4. The van der Waals surface area contributed by atoms with Gasteiger partial charge in [0.05, 0.1) is 31.0 Å². The van der Waals surface area contributed by atoms with Crippen molar-refractivity contribution in [2.45, 2.75) is 109 Å². The maximum absolute atomic E-state index is 14.5. The summed E-state index contributed by atoms with van der Waals surface area (Å²) in [5, 5.41) is 0. The molecule has 5 heterocycles. The van der Waals surface area contributed by atoms with Gasteiger partial charge in [-0.2, -0.15) is 0 Å². The number of hydrogen-bond acceptors (Lipinski definition) is 11. The molecule has 312 valence electrons. The first-order chi connectivity index (χ1) is 27.5. The van der Waals surface area contributed by atoms with Crippen LogP contribution in [0.15, 0.2) is 43.0 Å². The zero-order chi connectivity index (χ0) is 41.0. The lowest BCUT2D eigenvalue weighted by molar-refractivity contribution is -0.120. The van der Waals surface area contributed by atoms with Crippen LogP contribution in [0.4, 0.5) is 23.8 Å². The summed E-state index contributed by atoms with van der Waals surface area (Å²) in [6, 6.07) is 4.58. The minimum Gasteiger partial charge on any atom is -0.490 e. The molecule has 2 saturated heterocycles. The molecule has 1 spiro atoms. The third-order valence-corrected chi connectivity index (χ3v) is 11.7. The largest absolute Gasteiger partial charge is 0.490 e. The highest BCUT2D eigenvalue weighted by molar-refractivity contribution is 5.97. The molecule has 0 radical (unpaired) electrons. The third kappa shape index (κ3) is 8.54. The quantitative estimate of drug-likeness (QED) is 0.223. The van der Waals surface area contributed by atoms with E-state index in [1.165, 1.54) is 29.6 Å².